The van der Waals surface area contributed by atoms with E-state index in [2.05, 4.69) is 47.8 Å². The Balaban J connectivity index is 2.86. The molecular weight excluding hydrogens is 414 g/mol. The summed E-state index contributed by atoms with van der Waals surface area (Å²) in [6.45, 7) is 3.51. The smallest absolute Gasteiger partial charge is 0.254 e. The van der Waals surface area contributed by atoms with Crippen LogP contribution in [0.1, 0.15) is 23.7 Å². The van der Waals surface area contributed by atoms with E-state index in [1.54, 1.807) is 0 Å². The lowest BCUT2D eigenvalue weighted by molar-refractivity contribution is 0.0764. The minimum atomic E-state index is 0.0767. The first kappa shape index (κ1) is 15.2. The lowest BCUT2D eigenvalue weighted by Gasteiger charge is -2.21. The number of halogens is 3. The summed E-state index contributed by atoms with van der Waals surface area (Å²) in [5.41, 5.74) is 0.713. The summed E-state index contributed by atoms with van der Waals surface area (Å²) in [4.78, 5) is 14.1. The third kappa shape index (κ3) is 4.38. The first-order chi connectivity index (χ1) is 8.10. The summed E-state index contributed by atoms with van der Waals surface area (Å²) in [7, 11) is 0. The molecule has 0 heterocycles. The number of hydrogen-bond donors (Lipinski definition) is 0. The Hall–Kier alpha value is 0.130. The molecule has 1 aromatic rings. The Labute approximate surface area is 127 Å². The lowest BCUT2D eigenvalue weighted by Crippen LogP contribution is -2.32. The molecule has 0 aliphatic carbocycles. The molecule has 0 saturated heterocycles. The van der Waals surface area contributed by atoms with Crippen molar-refractivity contribution in [1.29, 1.82) is 0 Å². The molecule has 0 unspecified atom stereocenters. The van der Waals surface area contributed by atoms with Crippen molar-refractivity contribution in [3.63, 3.8) is 0 Å². The predicted molar refractivity (Wildman–Crippen MR) is 81.8 cm³/mol. The molecule has 1 amide bonds. The number of rotatable bonds is 5. The van der Waals surface area contributed by atoms with Gasteiger partial charge in [-0.15, -0.1) is 0 Å². The Morgan fingerprint density at radius 1 is 1.35 bits per heavy atom. The van der Waals surface area contributed by atoms with Crippen molar-refractivity contribution < 1.29 is 4.79 Å². The van der Waals surface area contributed by atoms with E-state index in [-0.39, 0.29) is 5.91 Å². The van der Waals surface area contributed by atoms with E-state index in [1.807, 2.05) is 30.0 Å². The van der Waals surface area contributed by atoms with Gasteiger partial charge in [-0.2, -0.15) is 0 Å². The van der Waals surface area contributed by atoms with Crippen molar-refractivity contribution in [3.05, 3.63) is 32.7 Å². The highest BCUT2D eigenvalue weighted by Crippen LogP contribution is 2.23. The van der Waals surface area contributed by atoms with Crippen LogP contribution < -0.4 is 0 Å². The molecule has 0 bridgehead atoms. The van der Waals surface area contributed by atoms with Crippen LogP contribution in [0.3, 0.4) is 0 Å². The second kappa shape index (κ2) is 7.54. The third-order valence-corrected chi connectivity index (χ3v) is 4.10. The lowest BCUT2D eigenvalue weighted by atomic mass is 10.2. The zero-order valence-corrected chi connectivity index (χ0v) is 14.3. The van der Waals surface area contributed by atoms with Gasteiger partial charge in [-0.25, -0.2) is 0 Å². The fourth-order valence-corrected chi connectivity index (χ4v) is 2.95. The number of nitrogens with zero attached hydrogens (tertiary/aromatic N) is 1. The molecule has 0 saturated carbocycles. The van der Waals surface area contributed by atoms with Gasteiger partial charge < -0.3 is 4.90 Å². The molecule has 1 rings (SSSR count). The van der Waals surface area contributed by atoms with E-state index in [0.29, 0.717) is 5.56 Å². The van der Waals surface area contributed by atoms with Crippen LogP contribution in [0.25, 0.3) is 0 Å². The first-order valence-corrected chi connectivity index (χ1v) is 8.11. The van der Waals surface area contributed by atoms with E-state index in [1.165, 1.54) is 0 Å². The minimum Gasteiger partial charge on any atom is -0.339 e. The van der Waals surface area contributed by atoms with Crippen molar-refractivity contribution in [2.24, 2.45) is 0 Å². The fraction of sp³-hybridized carbons (Fsp3) is 0.417. The van der Waals surface area contributed by atoms with Gasteiger partial charge in [0.1, 0.15) is 0 Å². The van der Waals surface area contributed by atoms with E-state index < -0.39 is 0 Å². The number of carbonyl (C=O) groups is 1. The van der Waals surface area contributed by atoms with Crippen molar-refractivity contribution in [2.75, 3.05) is 18.4 Å². The molecule has 0 atom stereocenters. The monoisotopic (exact) mass is 425 g/mol. The molecule has 0 N–H and O–H groups in total. The Morgan fingerprint density at radius 3 is 2.59 bits per heavy atom. The summed E-state index contributed by atoms with van der Waals surface area (Å²) in [6.07, 6.45) is 0.966. The molecule has 17 heavy (non-hydrogen) atoms. The quantitative estimate of drug-likeness (QED) is 0.635. The molecule has 0 aliphatic rings. The summed E-state index contributed by atoms with van der Waals surface area (Å²) < 4.78 is 1.79. The van der Waals surface area contributed by atoms with Gasteiger partial charge in [-0.3, -0.25) is 4.79 Å². The minimum absolute atomic E-state index is 0.0767. The van der Waals surface area contributed by atoms with Gasteiger partial charge >= 0.3 is 0 Å². The average molecular weight is 428 g/mol. The summed E-state index contributed by atoms with van der Waals surface area (Å²) in [5.74, 6) is 0.0767. The molecule has 0 radical (unpaired) electrons. The summed E-state index contributed by atoms with van der Waals surface area (Å²) in [5, 5.41) is 0.915. The molecular formula is C12H14Br3NO. The number of alkyl halides is 1. The zero-order valence-electron chi connectivity index (χ0n) is 9.55. The number of benzene rings is 1. The van der Waals surface area contributed by atoms with Crippen LogP contribution in [0, 0.1) is 0 Å². The van der Waals surface area contributed by atoms with Gasteiger partial charge in [0.15, 0.2) is 0 Å². The highest BCUT2D eigenvalue weighted by molar-refractivity contribution is 9.11. The SMILES string of the molecule is CCN(CCCBr)C(=O)c1ccc(Br)cc1Br. The number of carbonyl (C=O) groups excluding carboxylic acids is 1. The normalized spacial score (nSPS) is 10.4. The number of hydrogen-bond acceptors (Lipinski definition) is 1. The topological polar surface area (TPSA) is 20.3 Å². The molecule has 0 aliphatic heterocycles. The molecule has 0 spiro atoms. The summed E-state index contributed by atoms with van der Waals surface area (Å²) >= 11 is 10.2. The van der Waals surface area contributed by atoms with E-state index in [9.17, 15) is 4.79 Å². The van der Waals surface area contributed by atoms with Crippen molar-refractivity contribution in [3.8, 4) is 0 Å². The standard InChI is InChI=1S/C12H14Br3NO/c1-2-16(7-3-6-13)12(17)10-5-4-9(14)8-11(10)15/h4-5,8H,2-3,6-7H2,1H3. The van der Waals surface area contributed by atoms with Gasteiger partial charge in [0.25, 0.3) is 5.91 Å². The second-order valence-corrected chi connectivity index (χ2v) is 6.11. The van der Waals surface area contributed by atoms with Gasteiger partial charge in [-0.05, 0) is 47.5 Å². The van der Waals surface area contributed by atoms with Crippen LogP contribution >= 0.6 is 47.8 Å². The maximum Gasteiger partial charge on any atom is 0.254 e. The van der Waals surface area contributed by atoms with Gasteiger partial charge in [0, 0.05) is 27.4 Å². The first-order valence-electron chi connectivity index (χ1n) is 5.40. The molecule has 1 aromatic carbocycles. The summed E-state index contributed by atoms with van der Waals surface area (Å²) in [6, 6.07) is 5.62. The van der Waals surface area contributed by atoms with Gasteiger partial charge in [0.2, 0.25) is 0 Å². The van der Waals surface area contributed by atoms with E-state index in [4.69, 9.17) is 0 Å². The van der Waals surface area contributed by atoms with Crippen LogP contribution in [0.5, 0.6) is 0 Å². The van der Waals surface area contributed by atoms with E-state index >= 15 is 0 Å². The van der Waals surface area contributed by atoms with E-state index in [0.717, 1.165) is 33.8 Å². The molecule has 94 valence electrons. The maximum absolute atomic E-state index is 12.3. The average Bonchev–Trinajstić information content (AvgIpc) is 2.29. The highest BCUT2D eigenvalue weighted by atomic mass is 79.9. The Kier molecular flexibility index (Phi) is 6.74. The molecule has 0 fully saturated rings. The Bertz CT molecular complexity index is 395. The predicted octanol–water partition coefficient (Wildman–Crippen LogP) is 4.46. The van der Waals surface area contributed by atoms with Gasteiger partial charge in [-0.1, -0.05) is 31.9 Å². The van der Waals surface area contributed by atoms with Crippen LogP contribution in [0.15, 0.2) is 27.1 Å². The third-order valence-electron chi connectivity index (χ3n) is 2.39. The van der Waals surface area contributed by atoms with Crippen LogP contribution in [-0.4, -0.2) is 29.2 Å². The zero-order chi connectivity index (χ0) is 12.8. The molecule has 0 aromatic heterocycles. The van der Waals surface area contributed by atoms with Crippen LogP contribution in [0.2, 0.25) is 0 Å². The van der Waals surface area contributed by atoms with Crippen LogP contribution in [-0.2, 0) is 0 Å². The van der Waals surface area contributed by atoms with Crippen molar-refractivity contribution in [2.45, 2.75) is 13.3 Å². The number of amides is 1. The van der Waals surface area contributed by atoms with Crippen LogP contribution in [0.4, 0.5) is 0 Å². The van der Waals surface area contributed by atoms with Crippen molar-refractivity contribution in [1.82, 2.24) is 4.90 Å². The maximum atomic E-state index is 12.3. The molecule has 5 heteroatoms. The Morgan fingerprint density at radius 2 is 2.06 bits per heavy atom. The highest BCUT2D eigenvalue weighted by Gasteiger charge is 2.16. The second-order valence-electron chi connectivity index (χ2n) is 3.55. The largest absolute Gasteiger partial charge is 0.339 e. The van der Waals surface area contributed by atoms with Gasteiger partial charge in [0.05, 0.1) is 5.56 Å². The molecule has 2 nitrogen and oxygen atoms in total. The van der Waals surface area contributed by atoms with Crippen molar-refractivity contribution >= 4 is 53.7 Å². The fourth-order valence-electron chi connectivity index (χ4n) is 1.49.